The van der Waals surface area contributed by atoms with Gasteiger partial charge in [-0.25, -0.2) is 4.98 Å². The molecule has 1 aromatic carbocycles. The molecule has 3 rings (SSSR count). The average Bonchev–Trinajstić information content (AvgIpc) is 2.92. The van der Waals surface area contributed by atoms with Gasteiger partial charge in [0.2, 0.25) is 0 Å². The maximum atomic E-state index is 6.26. The fraction of sp³-hybridized carbons (Fsp3) is 0.533. The van der Waals surface area contributed by atoms with Crippen LogP contribution >= 0.6 is 0 Å². The molecule has 0 radical (unpaired) electrons. The summed E-state index contributed by atoms with van der Waals surface area (Å²) in [6.45, 7) is 7.78. The first-order valence-electron chi connectivity index (χ1n) is 6.85. The predicted octanol–water partition coefficient (Wildman–Crippen LogP) is 2.23. The highest BCUT2D eigenvalue weighted by atomic mass is 16.5. The van der Waals surface area contributed by atoms with Crippen LogP contribution in [0.2, 0.25) is 0 Å². The average molecular weight is 259 g/mol. The molecular formula is C15H21N3O. The summed E-state index contributed by atoms with van der Waals surface area (Å²) in [5.41, 5.74) is 8.26. The molecule has 0 bridgehead atoms. The van der Waals surface area contributed by atoms with Gasteiger partial charge in [-0.15, -0.1) is 0 Å². The lowest BCUT2D eigenvalue weighted by atomic mass is 9.84. The van der Waals surface area contributed by atoms with Gasteiger partial charge >= 0.3 is 0 Å². The number of hydrogen-bond acceptors (Lipinski definition) is 3. The van der Waals surface area contributed by atoms with Crippen molar-refractivity contribution in [1.29, 1.82) is 0 Å². The maximum Gasteiger partial charge on any atom is 0.120 e. The van der Waals surface area contributed by atoms with Gasteiger partial charge in [0.05, 0.1) is 29.7 Å². The molecule has 1 aliphatic heterocycles. The number of imidazole rings is 1. The van der Waals surface area contributed by atoms with Crippen LogP contribution in [0.25, 0.3) is 11.0 Å². The van der Waals surface area contributed by atoms with Gasteiger partial charge < -0.3 is 15.0 Å². The molecule has 19 heavy (non-hydrogen) atoms. The van der Waals surface area contributed by atoms with Crippen LogP contribution in [0.3, 0.4) is 0 Å². The molecule has 2 N–H and O–H groups in total. The third-order valence-corrected chi connectivity index (χ3v) is 4.14. The summed E-state index contributed by atoms with van der Waals surface area (Å²) in [7, 11) is 0. The second kappa shape index (κ2) is 4.32. The van der Waals surface area contributed by atoms with Crippen LogP contribution in [0.5, 0.6) is 0 Å². The van der Waals surface area contributed by atoms with E-state index in [1.807, 2.05) is 6.07 Å². The van der Waals surface area contributed by atoms with Crippen molar-refractivity contribution in [2.75, 3.05) is 13.2 Å². The Balaban J connectivity index is 2.26. The second-order valence-corrected chi connectivity index (χ2v) is 5.93. The molecule has 1 saturated heterocycles. The van der Waals surface area contributed by atoms with Gasteiger partial charge in [0.15, 0.2) is 0 Å². The SMILES string of the molecule is CC(C)n1c(C2(C)COCC2N)nc2ccccc21. The lowest BCUT2D eigenvalue weighted by molar-refractivity contribution is 0.177. The van der Waals surface area contributed by atoms with Crippen molar-refractivity contribution in [3.8, 4) is 0 Å². The third-order valence-electron chi connectivity index (χ3n) is 4.14. The Bertz CT molecular complexity index is 604. The number of ether oxygens (including phenoxy) is 1. The van der Waals surface area contributed by atoms with Crippen molar-refractivity contribution in [2.24, 2.45) is 5.73 Å². The Labute approximate surface area is 113 Å². The Hall–Kier alpha value is -1.39. The molecule has 2 heterocycles. The fourth-order valence-corrected chi connectivity index (χ4v) is 2.89. The minimum atomic E-state index is -0.205. The lowest BCUT2D eigenvalue weighted by Crippen LogP contribution is -2.44. The highest BCUT2D eigenvalue weighted by Crippen LogP contribution is 2.35. The Morgan fingerprint density at radius 2 is 2.16 bits per heavy atom. The summed E-state index contributed by atoms with van der Waals surface area (Å²) in [6.07, 6.45) is 0. The van der Waals surface area contributed by atoms with Crippen molar-refractivity contribution >= 4 is 11.0 Å². The van der Waals surface area contributed by atoms with E-state index in [0.717, 1.165) is 11.3 Å². The summed E-state index contributed by atoms with van der Waals surface area (Å²) in [4.78, 5) is 4.84. The van der Waals surface area contributed by atoms with Crippen LogP contribution in [0, 0.1) is 0 Å². The zero-order chi connectivity index (χ0) is 13.6. The van der Waals surface area contributed by atoms with Crippen molar-refractivity contribution in [3.05, 3.63) is 30.1 Å². The zero-order valence-electron chi connectivity index (χ0n) is 11.8. The number of nitrogens with two attached hydrogens (primary N) is 1. The number of hydrogen-bond donors (Lipinski definition) is 1. The van der Waals surface area contributed by atoms with Crippen molar-refractivity contribution < 1.29 is 4.74 Å². The highest BCUT2D eigenvalue weighted by molar-refractivity contribution is 5.76. The Morgan fingerprint density at radius 3 is 2.79 bits per heavy atom. The summed E-state index contributed by atoms with van der Waals surface area (Å²) in [5, 5.41) is 0. The number of nitrogens with zero attached hydrogens (tertiary/aromatic N) is 2. The fourth-order valence-electron chi connectivity index (χ4n) is 2.89. The summed E-state index contributed by atoms with van der Waals surface area (Å²) in [5.74, 6) is 1.05. The standard InChI is InChI=1S/C15H21N3O/c1-10(2)18-12-7-5-4-6-11(12)17-14(18)15(3)9-19-8-13(15)16/h4-7,10,13H,8-9,16H2,1-3H3. The van der Waals surface area contributed by atoms with Crippen LogP contribution in [0.15, 0.2) is 24.3 Å². The first kappa shape index (κ1) is 12.6. The molecule has 2 atom stereocenters. The van der Waals surface area contributed by atoms with E-state index in [4.69, 9.17) is 15.5 Å². The smallest absolute Gasteiger partial charge is 0.120 e. The summed E-state index contributed by atoms with van der Waals surface area (Å²) >= 11 is 0. The van der Waals surface area contributed by atoms with Crippen molar-refractivity contribution in [3.63, 3.8) is 0 Å². The Morgan fingerprint density at radius 1 is 1.42 bits per heavy atom. The molecule has 4 nitrogen and oxygen atoms in total. The molecular weight excluding hydrogens is 238 g/mol. The van der Waals surface area contributed by atoms with Gasteiger partial charge in [0, 0.05) is 12.1 Å². The van der Waals surface area contributed by atoms with Crippen LogP contribution in [0.1, 0.15) is 32.6 Å². The van der Waals surface area contributed by atoms with E-state index in [9.17, 15) is 0 Å². The van der Waals surface area contributed by atoms with E-state index in [-0.39, 0.29) is 11.5 Å². The molecule has 0 aliphatic carbocycles. The van der Waals surface area contributed by atoms with E-state index >= 15 is 0 Å². The van der Waals surface area contributed by atoms with Crippen molar-refractivity contribution in [1.82, 2.24) is 9.55 Å². The number of aromatic nitrogens is 2. The van der Waals surface area contributed by atoms with Gasteiger partial charge in [-0.1, -0.05) is 12.1 Å². The molecule has 2 unspecified atom stereocenters. The van der Waals surface area contributed by atoms with Gasteiger partial charge in [0.25, 0.3) is 0 Å². The van der Waals surface area contributed by atoms with E-state index in [0.29, 0.717) is 19.3 Å². The third kappa shape index (κ3) is 1.78. The topological polar surface area (TPSA) is 53.1 Å². The number of fused-ring (bicyclic) bond motifs is 1. The number of rotatable bonds is 2. The van der Waals surface area contributed by atoms with Crippen molar-refractivity contribution in [2.45, 2.75) is 38.3 Å². The predicted molar refractivity (Wildman–Crippen MR) is 76.3 cm³/mol. The molecule has 1 aromatic heterocycles. The van der Waals surface area contributed by atoms with E-state index in [1.54, 1.807) is 0 Å². The van der Waals surface area contributed by atoms with E-state index in [1.165, 1.54) is 5.52 Å². The number of benzene rings is 1. The molecule has 1 fully saturated rings. The normalized spacial score (nSPS) is 27.5. The van der Waals surface area contributed by atoms with Gasteiger partial charge in [-0.3, -0.25) is 0 Å². The lowest BCUT2D eigenvalue weighted by Gasteiger charge is -2.28. The molecule has 102 valence electrons. The summed E-state index contributed by atoms with van der Waals surface area (Å²) in [6, 6.07) is 8.62. The minimum Gasteiger partial charge on any atom is -0.379 e. The quantitative estimate of drug-likeness (QED) is 0.899. The molecule has 0 spiro atoms. The van der Waals surface area contributed by atoms with Crippen LogP contribution in [0.4, 0.5) is 0 Å². The first-order valence-corrected chi connectivity index (χ1v) is 6.85. The van der Waals surface area contributed by atoms with Crippen LogP contribution in [-0.4, -0.2) is 28.8 Å². The zero-order valence-corrected chi connectivity index (χ0v) is 11.8. The maximum absolute atomic E-state index is 6.26. The Kier molecular flexibility index (Phi) is 2.87. The minimum absolute atomic E-state index is 0.00168. The summed E-state index contributed by atoms with van der Waals surface area (Å²) < 4.78 is 7.87. The molecule has 1 aliphatic rings. The van der Waals surface area contributed by atoms with Gasteiger partial charge in [0.1, 0.15) is 5.82 Å². The van der Waals surface area contributed by atoms with Gasteiger partial charge in [-0.05, 0) is 32.9 Å². The van der Waals surface area contributed by atoms with E-state index < -0.39 is 0 Å². The van der Waals surface area contributed by atoms with Crippen LogP contribution < -0.4 is 5.73 Å². The van der Waals surface area contributed by atoms with Crippen LogP contribution in [-0.2, 0) is 10.2 Å². The molecule has 2 aromatic rings. The number of para-hydroxylation sites is 2. The first-order chi connectivity index (χ1) is 9.04. The monoisotopic (exact) mass is 259 g/mol. The van der Waals surface area contributed by atoms with E-state index in [2.05, 4.69) is 43.5 Å². The largest absolute Gasteiger partial charge is 0.379 e. The molecule has 0 saturated carbocycles. The molecule has 4 heteroatoms. The highest BCUT2D eigenvalue weighted by Gasteiger charge is 2.43. The second-order valence-electron chi connectivity index (χ2n) is 5.93. The molecule has 0 amide bonds. The van der Waals surface area contributed by atoms with Gasteiger partial charge in [-0.2, -0.15) is 0 Å².